The summed E-state index contributed by atoms with van der Waals surface area (Å²) in [5.74, 6) is -2.38. The molecule has 0 aromatic carbocycles. The number of aliphatic carboxylic acids is 1. The molecule has 1 unspecified atom stereocenters. The van der Waals surface area contributed by atoms with Gasteiger partial charge >= 0.3 is 5.97 Å². The Morgan fingerprint density at radius 1 is 1.43 bits per heavy atom. The van der Waals surface area contributed by atoms with Crippen LogP contribution in [0.2, 0.25) is 0 Å². The van der Waals surface area contributed by atoms with Gasteiger partial charge in [-0.05, 0) is 0 Å². The number of carbonyl (C=O) groups is 2. The maximum absolute atomic E-state index is 10.9. The SMILES string of the molecule is CC(=O)N(C)C(CS(C)(=O)=O)C(=O)O. The van der Waals surface area contributed by atoms with Crippen LogP contribution in [0.5, 0.6) is 0 Å². The fraction of sp³-hybridized carbons (Fsp3) is 0.714. The van der Waals surface area contributed by atoms with Gasteiger partial charge in [0.2, 0.25) is 5.91 Å². The highest BCUT2D eigenvalue weighted by atomic mass is 32.2. The molecule has 0 radical (unpaired) electrons. The molecule has 82 valence electrons. The zero-order valence-corrected chi connectivity index (χ0v) is 9.04. The smallest absolute Gasteiger partial charge is 0.327 e. The average Bonchev–Trinajstić information content (AvgIpc) is 1.96. The van der Waals surface area contributed by atoms with Crippen LogP contribution < -0.4 is 0 Å². The molecule has 0 aliphatic heterocycles. The van der Waals surface area contributed by atoms with Crippen molar-refractivity contribution in [2.24, 2.45) is 0 Å². The molecule has 0 aromatic heterocycles. The summed E-state index contributed by atoms with van der Waals surface area (Å²) in [7, 11) is -2.17. The third kappa shape index (κ3) is 4.22. The monoisotopic (exact) mass is 223 g/mol. The quantitative estimate of drug-likeness (QED) is 0.657. The van der Waals surface area contributed by atoms with E-state index < -0.39 is 33.5 Å². The standard InChI is InChI=1S/C7H13NO5S/c1-5(9)8(2)6(7(10)11)4-14(3,12)13/h6H,4H2,1-3H3,(H,10,11). The molecule has 0 heterocycles. The summed E-state index contributed by atoms with van der Waals surface area (Å²) in [5, 5.41) is 8.70. The maximum Gasteiger partial charge on any atom is 0.327 e. The van der Waals surface area contributed by atoms with Crippen molar-refractivity contribution < 1.29 is 23.1 Å². The lowest BCUT2D eigenvalue weighted by molar-refractivity contribution is -0.147. The predicted octanol–water partition coefficient (Wildman–Crippen LogP) is -1.04. The summed E-state index contributed by atoms with van der Waals surface area (Å²) >= 11 is 0. The van der Waals surface area contributed by atoms with Crippen molar-refractivity contribution >= 4 is 21.7 Å². The first kappa shape index (κ1) is 12.9. The van der Waals surface area contributed by atoms with Crippen molar-refractivity contribution in [1.82, 2.24) is 4.90 Å². The largest absolute Gasteiger partial charge is 0.480 e. The normalized spacial score (nSPS) is 13.4. The minimum absolute atomic E-state index is 0.485. The Labute approximate surface area is 82.4 Å². The van der Waals surface area contributed by atoms with Crippen molar-refractivity contribution in [2.75, 3.05) is 19.1 Å². The zero-order chi connectivity index (χ0) is 11.5. The lowest BCUT2D eigenvalue weighted by atomic mass is 10.3. The van der Waals surface area contributed by atoms with E-state index in [0.717, 1.165) is 11.2 Å². The van der Waals surface area contributed by atoms with Crippen LogP contribution in [0.15, 0.2) is 0 Å². The molecule has 1 amide bonds. The molecular formula is C7H13NO5S. The first-order valence-corrected chi connectivity index (χ1v) is 5.85. The van der Waals surface area contributed by atoms with E-state index in [4.69, 9.17) is 5.11 Å². The van der Waals surface area contributed by atoms with E-state index >= 15 is 0 Å². The van der Waals surface area contributed by atoms with Crippen LogP contribution in [0, 0.1) is 0 Å². The van der Waals surface area contributed by atoms with E-state index in [-0.39, 0.29) is 0 Å². The van der Waals surface area contributed by atoms with Gasteiger partial charge in [-0.1, -0.05) is 0 Å². The topological polar surface area (TPSA) is 91.8 Å². The van der Waals surface area contributed by atoms with Crippen LogP contribution in [-0.2, 0) is 19.4 Å². The summed E-state index contributed by atoms with van der Waals surface area (Å²) in [4.78, 5) is 22.4. The van der Waals surface area contributed by atoms with Crippen LogP contribution in [0.4, 0.5) is 0 Å². The third-order valence-electron chi connectivity index (χ3n) is 1.71. The van der Waals surface area contributed by atoms with Crippen LogP contribution in [0.1, 0.15) is 6.92 Å². The van der Waals surface area contributed by atoms with Crippen molar-refractivity contribution in [2.45, 2.75) is 13.0 Å². The van der Waals surface area contributed by atoms with E-state index in [2.05, 4.69) is 0 Å². The number of carboxylic acids is 1. The summed E-state index contributed by atoms with van der Waals surface area (Å²) in [5.41, 5.74) is 0. The maximum atomic E-state index is 10.9. The minimum atomic E-state index is -3.42. The van der Waals surface area contributed by atoms with Gasteiger partial charge < -0.3 is 10.0 Å². The molecule has 0 aromatic rings. The highest BCUT2D eigenvalue weighted by Gasteiger charge is 2.28. The second-order valence-corrected chi connectivity index (χ2v) is 5.26. The van der Waals surface area contributed by atoms with E-state index in [1.54, 1.807) is 0 Å². The Kier molecular flexibility index (Phi) is 4.06. The predicted molar refractivity (Wildman–Crippen MR) is 49.6 cm³/mol. The number of carboxylic acid groups (broad SMARTS) is 1. The minimum Gasteiger partial charge on any atom is -0.480 e. The van der Waals surface area contributed by atoms with Gasteiger partial charge in [0.05, 0.1) is 5.75 Å². The second kappa shape index (κ2) is 4.41. The fourth-order valence-corrected chi connectivity index (χ4v) is 1.79. The van der Waals surface area contributed by atoms with Gasteiger partial charge in [0.15, 0.2) is 0 Å². The zero-order valence-electron chi connectivity index (χ0n) is 8.22. The summed E-state index contributed by atoms with van der Waals surface area (Å²) in [6.07, 6.45) is 0.927. The van der Waals surface area contributed by atoms with Crippen LogP contribution >= 0.6 is 0 Å². The Balaban J connectivity index is 4.79. The Morgan fingerprint density at radius 2 is 1.86 bits per heavy atom. The van der Waals surface area contributed by atoms with Crippen molar-refractivity contribution in [3.05, 3.63) is 0 Å². The third-order valence-corrected chi connectivity index (χ3v) is 2.63. The van der Waals surface area contributed by atoms with Crippen LogP contribution in [0.3, 0.4) is 0 Å². The molecule has 1 atom stereocenters. The molecule has 0 spiro atoms. The molecule has 0 saturated heterocycles. The van der Waals surface area contributed by atoms with Gasteiger partial charge in [0.1, 0.15) is 15.9 Å². The number of hydrogen-bond acceptors (Lipinski definition) is 4. The van der Waals surface area contributed by atoms with E-state index in [0.29, 0.717) is 0 Å². The molecule has 0 saturated carbocycles. The number of nitrogens with zero attached hydrogens (tertiary/aromatic N) is 1. The highest BCUT2D eigenvalue weighted by Crippen LogP contribution is 2.01. The van der Waals surface area contributed by atoms with Crippen molar-refractivity contribution in [1.29, 1.82) is 0 Å². The number of sulfone groups is 1. The molecule has 0 bridgehead atoms. The second-order valence-electron chi connectivity index (χ2n) is 3.08. The van der Waals surface area contributed by atoms with Gasteiger partial charge in [0.25, 0.3) is 0 Å². The first-order chi connectivity index (χ1) is 6.15. The highest BCUT2D eigenvalue weighted by molar-refractivity contribution is 7.90. The number of rotatable bonds is 4. The average molecular weight is 223 g/mol. The summed E-state index contributed by atoms with van der Waals surface area (Å²) < 4.78 is 21.7. The molecule has 14 heavy (non-hydrogen) atoms. The lowest BCUT2D eigenvalue weighted by Crippen LogP contribution is -2.45. The van der Waals surface area contributed by atoms with Gasteiger partial charge in [-0.25, -0.2) is 13.2 Å². The molecule has 0 fully saturated rings. The van der Waals surface area contributed by atoms with Gasteiger partial charge in [-0.2, -0.15) is 0 Å². The van der Waals surface area contributed by atoms with Gasteiger partial charge in [0, 0.05) is 20.2 Å². The molecular weight excluding hydrogens is 210 g/mol. The van der Waals surface area contributed by atoms with Crippen molar-refractivity contribution in [3.8, 4) is 0 Å². The number of carbonyl (C=O) groups excluding carboxylic acids is 1. The number of amides is 1. The summed E-state index contributed by atoms with van der Waals surface area (Å²) in [6, 6.07) is -1.32. The van der Waals surface area contributed by atoms with Crippen molar-refractivity contribution in [3.63, 3.8) is 0 Å². The molecule has 1 N–H and O–H groups in total. The molecule has 6 nitrogen and oxygen atoms in total. The van der Waals surface area contributed by atoms with Crippen LogP contribution in [-0.4, -0.2) is 55.4 Å². The number of hydrogen-bond donors (Lipinski definition) is 1. The van der Waals surface area contributed by atoms with E-state index in [9.17, 15) is 18.0 Å². The molecule has 0 aliphatic carbocycles. The first-order valence-electron chi connectivity index (χ1n) is 3.79. The van der Waals surface area contributed by atoms with E-state index in [1.165, 1.54) is 14.0 Å². The van der Waals surface area contributed by atoms with Crippen LogP contribution in [0.25, 0.3) is 0 Å². The van der Waals surface area contributed by atoms with Gasteiger partial charge in [-0.15, -0.1) is 0 Å². The van der Waals surface area contributed by atoms with Gasteiger partial charge in [-0.3, -0.25) is 4.79 Å². The molecule has 7 heteroatoms. The summed E-state index contributed by atoms with van der Waals surface area (Å²) in [6.45, 7) is 1.18. The Bertz CT molecular complexity index is 334. The Morgan fingerprint density at radius 3 is 2.07 bits per heavy atom. The fourth-order valence-electron chi connectivity index (χ4n) is 0.855. The Hall–Kier alpha value is -1.11. The molecule has 0 aliphatic rings. The molecule has 0 rings (SSSR count). The number of likely N-dealkylation sites (N-methyl/N-ethyl adjacent to an activating group) is 1. The van der Waals surface area contributed by atoms with E-state index in [1.807, 2.05) is 0 Å². The lowest BCUT2D eigenvalue weighted by Gasteiger charge is -2.22.